The van der Waals surface area contributed by atoms with Gasteiger partial charge in [0.05, 0.1) is 0 Å². The zero-order chi connectivity index (χ0) is 13.9. The molecular formula is C13H16N4OS2. The Balaban J connectivity index is 1.63. The van der Waals surface area contributed by atoms with Gasteiger partial charge in [-0.1, -0.05) is 23.1 Å². The van der Waals surface area contributed by atoms with Gasteiger partial charge in [0.25, 0.3) is 5.56 Å². The molecule has 1 aliphatic heterocycles. The second-order valence-electron chi connectivity index (χ2n) is 4.82. The van der Waals surface area contributed by atoms with Crippen LogP contribution in [-0.2, 0) is 12.8 Å². The molecule has 1 aliphatic rings. The molecule has 1 saturated heterocycles. The Morgan fingerprint density at radius 3 is 2.90 bits per heavy atom. The fraction of sp³-hybridized carbons (Fsp3) is 0.462. The largest absolute Gasteiger partial charge is 0.347 e. The highest BCUT2D eigenvalue weighted by Gasteiger charge is 2.16. The lowest BCUT2D eigenvalue weighted by molar-refractivity contribution is 0.855. The molecule has 0 atom stereocenters. The minimum Gasteiger partial charge on any atom is -0.347 e. The van der Waals surface area contributed by atoms with Crippen molar-refractivity contribution in [1.82, 2.24) is 14.8 Å². The second-order valence-corrected chi connectivity index (χ2v) is 7.00. The van der Waals surface area contributed by atoms with Gasteiger partial charge in [-0.3, -0.25) is 4.79 Å². The zero-order valence-corrected chi connectivity index (χ0v) is 12.9. The van der Waals surface area contributed by atoms with Gasteiger partial charge in [-0.25, -0.2) is 0 Å². The minimum absolute atomic E-state index is 0.0260. The van der Waals surface area contributed by atoms with E-state index < -0.39 is 0 Å². The first kappa shape index (κ1) is 13.6. The Morgan fingerprint density at radius 2 is 2.15 bits per heavy atom. The molecule has 0 aliphatic carbocycles. The SMILES string of the molecule is Cn1ccc(CSc2nnc(N3CCCC3)s2)cc1=O. The Morgan fingerprint density at radius 1 is 1.35 bits per heavy atom. The van der Waals surface area contributed by atoms with Crippen molar-refractivity contribution in [3.63, 3.8) is 0 Å². The van der Waals surface area contributed by atoms with E-state index in [-0.39, 0.29) is 5.56 Å². The van der Waals surface area contributed by atoms with Gasteiger partial charge in [0.2, 0.25) is 5.13 Å². The predicted octanol–water partition coefficient (Wildman–Crippen LogP) is 2.13. The standard InChI is InChI=1S/C13H16N4OS2/c1-16-7-4-10(8-11(16)18)9-19-13-15-14-12(20-13)17-5-2-3-6-17/h4,7-8H,2-3,5-6,9H2,1H3. The molecular weight excluding hydrogens is 292 g/mol. The lowest BCUT2D eigenvalue weighted by Crippen LogP contribution is -2.17. The van der Waals surface area contributed by atoms with Crippen LogP contribution in [-0.4, -0.2) is 27.9 Å². The highest BCUT2D eigenvalue weighted by molar-refractivity contribution is 8.00. The van der Waals surface area contributed by atoms with E-state index in [4.69, 9.17) is 0 Å². The molecule has 0 spiro atoms. The van der Waals surface area contributed by atoms with Crippen LogP contribution >= 0.6 is 23.1 Å². The van der Waals surface area contributed by atoms with E-state index in [1.807, 2.05) is 6.07 Å². The molecule has 2 aromatic heterocycles. The summed E-state index contributed by atoms with van der Waals surface area (Å²) in [5.74, 6) is 0.755. The lowest BCUT2D eigenvalue weighted by Gasteiger charge is -2.10. The molecule has 3 rings (SSSR count). The lowest BCUT2D eigenvalue weighted by atomic mass is 10.3. The Kier molecular flexibility index (Phi) is 4.07. The van der Waals surface area contributed by atoms with E-state index in [0.717, 1.165) is 33.9 Å². The third-order valence-corrected chi connectivity index (χ3v) is 5.49. The summed E-state index contributed by atoms with van der Waals surface area (Å²) < 4.78 is 2.54. The first-order chi connectivity index (χ1) is 9.72. The number of hydrogen-bond donors (Lipinski definition) is 0. The average Bonchev–Trinajstić information content (AvgIpc) is 3.09. The highest BCUT2D eigenvalue weighted by atomic mass is 32.2. The van der Waals surface area contributed by atoms with Crippen LogP contribution in [0.5, 0.6) is 0 Å². The summed E-state index contributed by atoms with van der Waals surface area (Å²) in [4.78, 5) is 13.8. The smallest absolute Gasteiger partial charge is 0.250 e. The Bertz CT molecular complexity index is 646. The van der Waals surface area contributed by atoms with Crippen LogP contribution in [0.25, 0.3) is 0 Å². The number of aromatic nitrogens is 3. The van der Waals surface area contributed by atoms with Gasteiger partial charge >= 0.3 is 0 Å². The average molecular weight is 308 g/mol. The molecule has 20 heavy (non-hydrogen) atoms. The summed E-state index contributed by atoms with van der Waals surface area (Å²) in [6, 6.07) is 3.65. The summed E-state index contributed by atoms with van der Waals surface area (Å²) in [5, 5.41) is 9.49. The summed E-state index contributed by atoms with van der Waals surface area (Å²) in [6.07, 6.45) is 4.29. The van der Waals surface area contributed by atoms with Gasteiger partial charge < -0.3 is 9.47 Å². The van der Waals surface area contributed by atoms with Gasteiger partial charge in [0, 0.05) is 38.2 Å². The number of thioether (sulfide) groups is 1. The molecule has 3 heterocycles. The van der Waals surface area contributed by atoms with Crippen LogP contribution in [0.3, 0.4) is 0 Å². The molecule has 5 nitrogen and oxygen atoms in total. The number of aryl methyl sites for hydroxylation is 1. The molecule has 0 unspecified atom stereocenters. The third-order valence-electron chi connectivity index (χ3n) is 3.30. The molecule has 0 bridgehead atoms. The number of hydrogen-bond acceptors (Lipinski definition) is 6. The zero-order valence-electron chi connectivity index (χ0n) is 11.3. The van der Waals surface area contributed by atoms with E-state index in [1.165, 1.54) is 12.8 Å². The molecule has 0 saturated carbocycles. The molecule has 0 amide bonds. The second kappa shape index (κ2) is 5.97. The maximum absolute atomic E-state index is 11.6. The van der Waals surface area contributed by atoms with Crippen molar-refractivity contribution < 1.29 is 0 Å². The molecule has 106 valence electrons. The van der Waals surface area contributed by atoms with Crippen molar-refractivity contribution in [1.29, 1.82) is 0 Å². The van der Waals surface area contributed by atoms with Gasteiger partial charge in [-0.15, -0.1) is 10.2 Å². The maximum atomic E-state index is 11.6. The van der Waals surface area contributed by atoms with Gasteiger partial charge in [-0.05, 0) is 24.5 Å². The summed E-state index contributed by atoms with van der Waals surface area (Å²) in [6.45, 7) is 2.18. The van der Waals surface area contributed by atoms with Crippen LogP contribution < -0.4 is 10.5 Å². The van der Waals surface area contributed by atoms with Crippen molar-refractivity contribution in [2.24, 2.45) is 7.05 Å². The van der Waals surface area contributed by atoms with Crippen LogP contribution in [0, 0.1) is 0 Å². The van der Waals surface area contributed by atoms with Crippen molar-refractivity contribution in [3.8, 4) is 0 Å². The highest BCUT2D eigenvalue weighted by Crippen LogP contribution is 2.31. The van der Waals surface area contributed by atoms with E-state index in [9.17, 15) is 4.79 Å². The van der Waals surface area contributed by atoms with Crippen LogP contribution in [0.15, 0.2) is 27.5 Å². The van der Waals surface area contributed by atoms with E-state index in [0.29, 0.717) is 0 Å². The first-order valence-corrected chi connectivity index (χ1v) is 8.39. The van der Waals surface area contributed by atoms with Crippen molar-refractivity contribution >= 4 is 28.2 Å². The minimum atomic E-state index is 0.0260. The van der Waals surface area contributed by atoms with Crippen molar-refractivity contribution in [2.75, 3.05) is 18.0 Å². The Hall–Kier alpha value is -1.34. The van der Waals surface area contributed by atoms with Crippen molar-refractivity contribution in [2.45, 2.75) is 22.9 Å². The summed E-state index contributed by atoms with van der Waals surface area (Å²) in [7, 11) is 1.76. The van der Waals surface area contributed by atoms with E-state index in [1.54, 1.807) is 47.0 Å². The predicted molar refractivity (Wildman–Crippen MR) is 82.6 cm³/mol. The summed E-state index contributed by atoms with van der Waals surface area (Å²) >= 11 is 3.28. The number of rotatable bonds is 4. The normalized spacial score (nSPS) is 14.9. The number of anilines is 1. The van der Waals surface area contributed by atoms with E-state index in [2.05, 4.69) is 15.1 Å². The van der Waals surface area contributed by atoms with Crippen LogP contribution in [0.4, 0.5) is 5.13 Å². The van der Waals surface area contributed by atoms with E-state index >= 15 is 0 Å². The van der Waals surface area contributed by atoms with Gasteiger partial charge in [0.1, 0.15) is 0 Å². The molecule has 7 heteroatoms. The van der Waals surface area contributed by atoms with Crippen LogP contribution in [0.1, 0.15) is 18.4 Å². The molecule has 2 aromatic rings. The summed E-state index contributed by atoms with van der Waals surface area (Å²) in [5.41, 5.74) is 1.05. The molecule has 0 radical (unpaired) electrons. The molecule has 0 N–H and O–H groups in total. The van der Waals surface area contributed by atoms with Crippen LogP contribution in [0.2, 0.25) is 0 Å². The van der Waals surface area contributed by atoms with Crippen molar-refractivity contribution in [3.05, 3.63) is 34.2 Å². The molecule has 1 fully saturated rings. The number of nitrogens with zero attached hydrogens (tertiary/aromatic N) is 4. The Labute approximate surface area is 125 Å². The van der Waals surface area contributed by atoms with Gasteiger partial charge in [0.15, 0.2) is 4.34 Å². The topological polar surface area (TPSA) is 51.0 Å². The number of pyridine rings is 1. The first-order valence-electron chi connectivity index (χ1n) is 6.59. The third kappa shape index (κ3) is 3.04. The fourth-order valence-corrected chi connectivity index (χ4v) is 3.96. The quantitative estimate of drug-likeness (QED) is 0.810. The van der Waals surface area contributed by atoms with Gasteiger partial charge in [-0.2, -0.15) is 0 Å². The fourth-order valence-electron chi connectivity index (χ4n) is 2.12. The maximum Gasteiger partial charge on any atom is 0.250 e. The molecule has 0 aromatic carbocycles. The monoisotopic (exact) mass is 308 g/mol.